The summed E-state index contributed by atoms with van der Waals surface area (Å²) in [5.41, 5.74) is 2.28. The number of nitrogens with one attached hydrogen (secondary N) is 2. The van der Waals surface area contributed by atoms with E-state index in [1.165, 1.54) is 0 Å². The van der Waals surface area contributed by atoms with E-state index in [1.54, 1.807) is 19.1 Å². The predicted octanol–water partition coefficient (Wildman–Crippen LogP) is 4.87. The molecule has 0 atom stereocenters. The monoisotopic (exact) mass is 362 g/mol. The van der Waals surface area contributed by atoms with E-state index in [0.29, 0.717) is 29.6 Å². The molecule has 0 aliphatic heterocycles. The Bertz CT molecular complexity index is 956. The molecule has 27 heavy (non-hydrogen) atoms. The van der Waals surface area contributed by atoms with Crippen molar-refractivity contribution < 1.29 is 9.53 Å². The Kier molecular flexibility index (Phi) is 5.66. The number of rotatable bonds is 7. The van der Waals surface area contributed by atoms with Gasteiger partial charge in [0, 0.05) is 17.3 Å². The summed E-state index contributed by atoms with van der Waals surface area (Å²) in [5, 5.41) is 6.52. The lowest BCUT2D eigenvalue weighted by Crippen LogP contribution is -2.03. The molecule has 0 bridgehead atoms. The highest BCUT2D eigenvalue weighted by Gasteiger charge is 2.07. The van der Waals surface area contributed by atoms with Gasteiger partial charge in [-0.1, -0.05) is 24.3 Å². The first-order valence-corrected chi connectivity index (χ1v) is 8.77. The molecule has 0 aliphatic carbocycles. The Morgan fingerprint density at radius 1 is 1.00 bits per heavy atom. The van der Waals surface area contributed by atoms with Crippen molar-refractivity contribution in [2.45, 2.75) is 20.8 Å². The zero-order valence-corrected chi connectivity index (χ0v) is 15.6. The number of hydrogen-bond donors (Lipinski definition) is 2. The number of hydrogen-bond acceptors (Lipinski definition) is 6. The lowest BCUT2D eigenvalue weighted by Gasteiger charge is -2.13. The van der Waals surface area contributed by atoms with Gasteiger partial charge in [-0.3, -0.25) is 4.79 Å². The zero-order valence-electron chi connectivity index (χ0n) is 15.6. The van der Waals surface area contributed by atoms with E-state index in [1.807, 2.05) is 56.3 Å². The van der Waals surface area contributed by atoms with Crippen LogP contribution in [0.4, 0.5) is 23.0 Å². The maximum absolute atomic E-state index is 11.6. The molecule has 6 heteroatoms. The molecule has 0 radical (unpaired) electrons. The van der Waals surface area contributed by atoms with E-state index in [9.17, 15) is 4.79 Å². The van der Waals surface area contributed by atoms with Gasteiger partial charge < -0.3 is 15.4 Å². The molecular formula is C21H22N4O2. The lowest BCUT2D eigenvalue weighted by molar-refractivity contribution is 0.101. The van der Waals surface area contributed by atoms with Crippen LogP contribution >= 0.6 is 0 Å². The van der Waals surface area contributed by atoms with E-state index >= 15 is 0 Å². The second-order valence-electron chi connectivity index (χ2n) is 6.00. The number of anilines is 4. The molecule has 1 heterocycles. The first-order valence-electron chi connectivity index (χ1n) is 8.77. The summed E-state index contributed by atoms with van der Waals surface area (Å²) in [6.45, 7) is 5.91. The Hall–Kier alpha value is -3.41. The van der Waals surface area contributed by atoms with E-state index in [2.05, 4.69) is 20.6 Å². The van der Waals surface area contributed by atoms with Crippen LogP contribution < -0.4 is 15.4 Å². The van der Waals surface area contributed by atoms with Crippen molar-refractivity contribution in [3.05, 3.63) is 66.0 Å². The standard InChI is InChI=1S/C21H22N4O2/c1-4-27-19-11-6-5-10-18(19)25-21-13-20(22-15(3)23-21)24-17-9-7-8-16(12-17)14(2)26/h5-13H,4H2,1-3H3,(H2,22,23,24,25). The van der Waals surface area contributed by atoms with Gasteiger partial charge >= 0.3 is 0 Å². The average molecular weight is 362 g/mol. The van der Waals surface area contributed by atoms with Gasteiger partial charge in [0.25, 0.3) is 0 Å². The van der Waals surface area contributed by atoms with E-state index in [0.717, 1.165) is 17.1 Å². The highest BCUT2D eigenvalue weighted by atomic mass is 16.5. The number of carbonyl (C=O) groups excluding carboxylic acids is 1. The van der Waals surface area contributed by atoms with Crippen LogP contribution in [0.15, 0.2) is 54.6 Å². The molecule has 138 valence electrons. The molecule has 0 saturated heterocycles. The van der Waals surface area contributed by atoms with Crippen LogP contribution in [-0.4, -0.2) is 22.4 Å². The van der Waals surface area contributed by atoms with Crippen LogP contribution in [0, 0.1) is 6.92 Å². The summed E-state index contributed by atoms with van der Waals surface area (Å²) < 4.78 is 5.65. The Labute approximate surface area is 158 Å². The number of Topliss-reactive ketones (excluding diaryl/α,β-unsaturated/α-hetero) is 1. The number of ketones is 1. The number of aromatic nitrogens is 2. The molecule has 3 rings (SSSR count). The van der Waals surface area contributed by atoms with Crippen LogP contribution in [0.1, 0.15) is 30.0 Å². The van der Waals surface area contributed by atoms with Gasteiger partial charge in [0.2, 0.25) is 0 Å². The largest absolute Gasteiger partial charge is 0.492 e. The van der Waals surface area contributed by atoms with Crippen molar-refractivity contribution in [2.24, 2.45) is 0 Å². The highest BCUT2D eigenvalue weighted by Crippen LogP contribution is 2.28. The maximum atomic E-state index is 11.6. The fourth-order valence-corrected chi connectivity index (χ4v) is 2.65. The van der Waals surface area contributed by atoms with Crippen molar-refractivity contribution in [3.63, 3.8) is 0 Å². The number of para-hydroxylation sites is 2. The summed E-state index contributed by atoms with van der Waals surface area (Å²) in [4.78, 5) is 20.4. The Balaban J connectivity index is 1.85. The fourth-order valence-electron chi connectivity index (χ4n) is 2.65. The number of benzene rings is 2. The molecule has 2 aromatic carbocycles. The summed E-state index contributed by atoms with van der Waals surface area (Å²) in [6, 6.07) is 16.8. The third-order valence-electron chi connectivity index (χ3n) is 3.83. The fraction of sp³-hybridized carbons (Fsp3) is 0.190. The van der Waals surface area contributed by atoms with Gasteiger partial charge in [-0.15, -0.1) is 0 Å². The van der Waals surface area contributed by atoms with Gasteiger partial charge in [0.15, 0.2) is 5.78 Å². The Morgan fingerprint density at radius 3 is 2.48 bits per heavy atom. The third-order valence-corrected chi connectivity index (χ3v) is 3.83. The minimum Gasteiger partial charge on any atom is -0.492 e. The minimum absolute atomic E-state index is 0.0207. The van der Waals surface area contributed by atoms with Crippen molar-refractivity contribution >= 4 is 28.8 Å². The molecule has 3 aromatic rings. The summed E-state index contributed by atoms with van der Waals surface area (Å²) in [5.74, 6) is 2.70. The number of carbonyl (C=O) groups is 1. The van der Waals surface area contributed by atoms with Crippen molar-refractivity contribution in [2.75, 3.05) is 17.2 Å². The molecule has 6 nitrogen and oxygen atoms in total. The molecular weight excluding hydrogens is 340 g/mol. The van der Waals surface area contributed by atoms with Crippen LogP contribution in [-0.2, 0) is 0 Å². The normalized spacial score (nSPS) is 10.3. The molecule has 0 aliphatic rings. The van der Waals surface area contributed by atoms with Crippen molar-refractivity contribution in [1.82, 2.24) is 9.97 Å². The molecule has 0 spiro atoms. The van der Waals surface area contributed by atoms with Gasteiger partial charge in [0.1, 0.15) is 23.2 Å². The second kappa shape index (κ2) is 8.31. The molecule has 0 saturated carbocycles. The van der Waals surface area contributed by atoms with Crippen LogP contribution in [0.3, 0.4) is 0 Å². The van der Waals surface area contributed by atoms with E-state index < -0.39 is 0 Å². The number of nitrogens with zero attached hydrogens (tertiary/aromatic N) is 2. The van der Waals surface area contributed by atoms with Crippen LogP contribution in [0.2, 0.25) is 0 Å². The van der Waals surface area contributed by atoms with Gasteiger partial charge in [-0.25, -0.2) is 9.97 Å². The Morgan fingerprint density at radius 2 is 1.74 bits per heavy atom. The highest BCUT2D eigenvalue weighted by molar-refractivity contribution is 5.95. The van der Waals surface area contributed by atoms with E-state index in [4.69, 9.17) is 4.74 Å². The SMILES string of the molecule is CCOc1ccccc1Nc1cc(Nc2cccc(C(C)=O)c2)nc(C)n1. The van der Waals surface area contributed by atoms with Crippen molar-refractivity contribution in [1.29, 1.82) is 0 Å². The van der Waals surface area contributed by atoms with Gasteiger partial charge in [0.05, 0.1) is 12.3 Å². The molecule has 0 fully saturated rings. The van der Waals surface area contributed by atoms with Crippen LogP contribution in [0.5, 0.6) is 5.75 Å². The summed E-state index contributed by atoms with van der Waals surface area (Å²) >= 11 is 0. The van der Waals surface area contributed by atoms with Crippen LogP contribution in [0.25, 0.3) is 0 Å². The number of ether oxygens (including phenoxy) is 1. The predicted molar refractivity (Wildman–Crippen MR) is 107 cm³/mol. The smallest absolute Gasteiger partial charge is 0.159 e. The maximum Gasteiger partial charge on any atom is 0.159 e. The first-order chi connectivity index (χ1) is 13.0. The van der Waals surface area contributed by atoms with Crippen molar-refractivity contribution in [3.8, 4) is 5.75 Å². The van der Waals surface area contributed by atoms with Gasteiger partial charge in [-0.2, -0.15) is 0 Å². The topological polar surface area (TPSA) is 76.1 Å². The molecule has 1 aromatic heterocycles. The molecule has 0 unspecified atom stereocenters. The first kappa shape index (κ1) is 18.4. The molecule has 0 amide bonds. The quantitative estimate of drug-likeness (QED) is 0.584. The number of aryl methyl sites for hydroxylation is 1. The summed E-state index contributed by atoms with van der Waals surface area (Å²) in [6.07, 6.45) is 0. The average Bonchev–Trinajstić information content (AvgIpc) is 2.63. The molecule has 2 N–H and O–H groups in total. The minimum atomic E-state index is 0.0207. The van der Waals surface area contributed by atoms with E-state index in [-0.39, 0.29) is 5.78 Å². The second-order valence-corrected chi connectivity index (χ2v) is 6.00. The van der Waals surface area contributed by atoms with Gasteiger partial charge in [-0.05, 0) is 45.0 Å². The lowest BCUT2D eigenvalue weighted by atomic mass is 10.1. The zero-order chi connectivity index (χ0) is 19.2. The summed E-state index contributed by atoms with van der Waals surface area (Å²) in [7, 11) is 0. The third kappa shape index (κ3) is 4.82.